The SMILES string of the molecule is Cc1ccc(Br)cc1NS(=O)(=O)c1ccc(Cl)cc1N. The molecule has 0 unspecified atom stereocenters. The molecule has 7 heteroatoms. The van der Waals surface area contributed by atoms with Crippen molar-refractivity contribution in [1.29, 1.82) is 0 Å². The molecule has 2 aromatic rings. The molecule has 0 bridgehead atoms. The maximum Gasteiger partial charge on any atom is 0.263 e. The van der Waals surface area contributed by atoms with Gasteiger partial charge in [-0.25, -0.2) is 8.42 Å². The number of aryl methyl sites for hydroxylation is 1. The summed E-state index contributed by atoms with van der Waals surface area (Å²) in [6.45, 7) is 1.81. The lowest BCUT2D eigenvalue weighted by molar-refractivity contribution is 0.601. The van der Waals surface area contributed by atoms with Crippen molar-refractivity contribution >= 4 is 48.9 Å². The van der Waals surface area contributed by atoms with E-state index in [-0.39, 0.29) is 10.6 Å². The maximum absolute atomic E-state index is 12.3. The number of nitrogen functional groups attached to an aromatic ring is 1. The number of nitrogens with two attached hydrogens (primary N) is 1. The average Bonchev–Trinajstić information content (AvgIpc) is 2.33. The van der Waals surface area contributed by atoms with Gasteiger partial charge in [0.15, 0.2) is 0 Å². The molecule has 0 aliphatic carbocycles. The third kappa shape index (κ3) is 3.26. The van der Waals surface area contributed by atoms with Crippen LogP contribution in [0.4, 0.5) is 11.4 Å². The van der Waals surface area contributed by atoms with Gasteiger partial charge in [0.1, 0.15) is 4.90 Å². The van der Waals surface area contributed by atoms with Crippen LogP contribution in [0, 0.1) is 6.92 Å². The Balaban J connectivity index is 2.43. The van der Waals surface area contributed by atoms with Gasteiger partial charge < -0.3 is 5.73 Å². The molecule has 0 aromatic heterocycles. The second-order valence-electron chi connectivity index (χ2n) is 4.25. The summed E-state index contributed by atoms with van der Waals surface area (Å²) in [7, 11) is -3.75. The van der Waals surface area contributed by atoms with Gasteiger partial charge in [0, 0.05) is 9.50 Å². The van der Waals surface area contributed by atoms with Crippen molar-refractivity contribution in [3.8, 4) is 0 Å². The molecule has 0 aliphatic heterocycles. The van der Waals surface area contributed by atoms with E-state index in [1.807, 2.05) is 19.1 Å². The van der Waals surface area contributed by atoms with Crippen molar-refractivity contribution in [3.63, 3.8) is 0 Å². The van der Waals surface area contributed by atoms with Crippen LogP contribution in [-0.4, -0.2) is 8.42 Å². The summed E-state index contributed by atoms with van der Waals surface area (Å²) in [4.78, 5) is 0.00118. The number of hydrogen-bond donors (Lipinski definition) is 2. The summed E-state index contributed by atoms with van der Waals surface area (Å²) < 4.78 is 28.0. The van der Waals surface area contributed by atoms with Gasteiger partial charge in [-0.15, -0.1) is 0 Å². The Hall–Kier alpha value is -1.24. The lowest BCUT2D eigenvalue weighted by Gasteiger charge is -2.12. The van der Waals surface area contributed by atoms with Gasteiger partial charge in [0.05, 0.1) is 11.4 Å². The Morgan fingerprint density at radius 2 is 1.90 bits per heavy atom. The normalized spacial score (nSPS) is 11.3. The smallest absolute Gasteiger partial charge is 0.263 e. The minimum absolute atomic E-state index is 0.00118. The van der Waals surface area contributed by atoms with E-state index in [4.69, 9.17) is 17.3 Å². The average molecular weight is 376 g/mol. The van der Waals surface area contributed by atoms with Crippen LogP contribution in [0.3, 0.4) is 0 Å². The van der Waals surface area contributed by atoms with E-state index in [1.165, 1.54) is 18.2 Å². The Labute approximate surface area is 131 Å². The molecule has 0 spiro atoms. The molecule has 2 aromatic carbocycles. The molecule has 0 atom stereocenters. The molecule has 0 saturated heterocycles. The molecule has 0 fully saturated rings. The molecule has 0 radical (unpaired) electrons. The summed E-state index contributed by atoms with van der Waals surface area (Å²) in [5.41, 5.74) is 7.13. The first-order chi connectivity index (χ1) is 9.29. The van der Waals surface area contributed by atoms with E-state index in [1.54, 1.807) is 6.07 Å². The zero-order chi connectivity index (χ0) is 14.9. The van der Waals surface area contributed by atoms with Crippen molar-refractivity contribution in [2.75, 3.05) is 10.5 Å². The Morgan fingerprint density at radius 1 is 1.20 bits per heavy atom. The van der Waals surface area contributed by atoms with Crippen LogP contribution in [0.25, 0.3) is 0 Å². The van der Waals surface area contributed by atoms with E-state index in [0.717, 1.165) is 10.0 Å². The number of hydrogen-bond acceptors (Lipinski definition) is 3. The van der Waals surface area contributed by atoms with E-state index >= 15 is 0 Å². The highest BCUT2D eigenvalue weighted by atomic mass is 79.9. The number of rotatable bonds is 3. The highest BCUT2D eigenvalue weighted by molar-refractivity contribution is 9.10. The van der Waals surface area contributed by atoms with Crippen molar-refractivity contribution in [2.45, 2.75) is 11.8 Å². The van der Waals surface area contributed by atoms with Crippen LogP contribution in [0.1, 0.15) is 5.56 Å². The largest absolute Gasteiger partial charge is 0.398 e. The molecule has 0 amide bonds. The summed E-state index contributed by atoms with van der Waals surface area (Å²) in [5.74, 6) is 0. The first-order valence-electron chi connectivity index (χ1n) is 5.63. The maximum atomic E-state index is 12.3. The van der Waals surface area contributed by atoms with Crippen molar-refractivity contribution in [1.82, 2.24) is 0 Å². The Morgan fingerprint density at radius 3 is 2.55 bits per heavy atom. The fraction of sp³-hybridized carbons (Fsp3) is 0.0769. The number of halogens is 2. The van der Waals surface area contributed by atoms with E-state index in [0.29, 0.717) is 10.7 Å². The van der Waals surface area contributed by atoms with Crippen molar-refractivity contribution < 1.29 is 8.42 Å². The van der Waals surface area contributed by atoms with Crippen LogP contribution in [-0.2, 0) is 10.0 Å². The van der Waals surface area contributed by atoms with E-state index < -0.39 is 10.0 Å². The first kappa shape index (κ1) is 15.2. The summed E-state index contributed by atoms with van der Waals surface area (Å²) in [6.07, 6.45) is 0. The zero-order valence-electron chi connectivity index (χ0n) is 10.5. The second-order valence-corrected chi connectivity index (χ2v) is 7.25. The lowest BCUT2D eigenvalue weighted by atomic mass is 10.2. The van der Waals surface area contributed by atoms with Gasteiger partial charge in [-0.05, 0) is 42.8 Å². The third-order valence-electron chi connectivity index (χ3n) is 2.71. The topological polar surface area (TPSA) is 72.2 Å². The summed E-state index contributed by atoms with van der Waals surface area (Å²) >= 11 is 9.08. The monoisotopic (exact) mass is 374 g/mol. The van der Waals surface area contributed by atoms with E-state index in [2.05, 4.69) is 20.7 Å². The Bertz CT molecular complexity index is 763. The van der Waals surface area contributed by atoms with Gasteiger partial charge >= 0.3 is 0 Å². The molecule has 3 N–H and O–H groups in total. The van der Waals surface area contributed by atoms with Crippen molar-refractivity contribution in [2.24, 2.45) is 0 Å². The van der Waals surface area contributed by atoms with Gasteiger partial charge in [-0.2, -0.15) is 0 Å². The third-order valence-corrected chi connectivity index (χ3v) is 4.87. The molecular formula is C13H12BrClN2O2S. The molecule has 2 rings (SSSR count). The number of anilines is 2. The summed E-state index contributed by atoms with van der Waals surface area (Å²) in [5, 5.41) is 0.389. The predicted molar refractivity (Wildman–Crippen MR) is 85.6 cm³/mol. The lowest BCUT2D eigenvalue weighted by Crippen LogP contribution is -2.15. The van der Waals surface area contributed by atoms with Gasteiger partial charge in [0.25, 0.3) is 10.0 Å². The van der Waals surface area contributed by atoms with Gasteiger partial charge in [-0.1, -0.05) is 33.6 Å². The molecule has 0 heterocycles. The fourth-order valence-corrected chi connectivity index (χ4v) is 3.45. The van der Waals surface area contributed by atoms with E-state index in [9.17, 15) is 8.42 Å². The van der Waals surface area contributed by atoms with Crippen molar-refractivity contribution in [3.05, 3.63) is 51.5 Å². The highest BCUT2D eigenvalue weighted by Crippen LogP contribution is 2.27. The molecule has 0 saturated carbocycles. The minimum Gasteiger partial charge on any atom is -0.398 e. The standard InChI is InChI=1S/C13H12BrClN2O2S/c1-8-2-3-9(14)6-12(8)17-20(18,19)13-5-4-10(15)7-11(13)16/h2-7,17H,16H2,1H3. The molecule has 106 valence electrons. The van der Waals surface area contributed by atoms with Crippen LogP contribution in [0.2, 0.25) is 5.02 Å². The van der Waals surface area contributed by atoms with Crippen LogP contribution in [0.5, 0.6) is 0 Å². The first-order valence-corrected chi connectivity index (χ1v) is 8.29. The second kappa shape index (κ2) is 5.63. The minimum atomic E-state index is -3.75. The molecule has 4 nitrogen and oxygen atoms in total. The number of benzene rings is 2. The van der Waals surface area contributed by atoms with Gasteiger partial charge in [0.2, 0.25) is 0 Å². The van der Waals surface area contributed by atoms with Crippen LogP contribution < -0.4 is 10.5 Å². The van der Waals surface area contributed by atoms with Crippen LogP contribution >= 0.6 is 27.5 Å². The molecule has 20 heavy (non-hydrogen) atoms. The summed E-state index contributed by atoms with van der Waals surface area (Å²) in [6, 6.07) is 9.62. The predicted octanol–water partition coefficient (Wildman–Crippen LogP) is 3.79. The van der Waals surface area contributed by atoms with Gasteiger partial charge in [-0.3, -0.25) is 4.72 Å². The number of nitrogens with one attached hydrogen (secondary N) is 1. The Kier molecular flexibility index (Phi) is 4.27. The van der Waals surface area contributed by atoms with Crippen LogP contribution in [0.15, 0.2) is 45.8 Å². The fourth-order valence-electron chi connectivity index (χ4n) is 1.67. The quantitative estimate of drug-likeness (QED) is 0.802. The highest BCUT2D eigenvalue weighted by Gasteiger charge is 2.18. The molecular weight excluding hydrogens is 364 g/mol. The zero-order valence-corrected chi connectivity index (χ0v) is 13.7. The number of sulfonamides is 1. The molecule has 0 aliphatic rings.